The van der Waals surface area contributed by atoms with Crippen molar-refractivity contribution in [2.24, 2.45) is 5.14 Å². The smallest absolute Gasteiger partial charge is 0.200 e. The third kappa shape index (κ3) is 5.70. The summed E-state index contributed by atoms with van der Waals surface area (Å²) in [7, 11) is 0. The molecule has 1 aromatic carbocycles. The van der Waals surface area contributed by atoms with Crippen LogP contribution in [0.5, 0.6) is 0 Å². The lowest BCUT2D eigenvalue weighted by molar-refractivity contribution is 0.307. The molecule has 7 nitrogen and oxygen atoms in total. The predicted octanol–water partition coefficient (Wildman–Crippen LogP) is 4.14. The number of allylic oxidation sites excluding steroid dienone is 1. The summed E-state index contributed by atoms with van der Waals surface area (Å²) >= 11 is 4.30. The Morgan fingerprint density at radius 1 is 1.35 bits per heavy atom. The van der Waals surface area contributed by atoms with E-state index < -0.39 is 0 Å². The highest BCUT2D eigenvalue weighted by molar-refractivity contribution is 9.10. The number of nitrogens with one attached hydrogen (secondary N) is 3. The van der Waals surface area contributed by atoms with Gasteiger partial charge < -0.3 is 10.6 Å². The maximum atomic E-state index is 13.5. The number of benzene rings is 1. The monoisotopic (exact) mass is 444 g/mol. The molecule has 0 radical (unpaired) electrons. The van der Waals surface area contributed by atoms with Gasteiger partial charge in [-0.25, -0.2) is 9.02 Å². The van der Waals surface area contributed by atoms with Gasteiger partial charge in [0.25, 0.3) is 0 Å². The molecule has 1 aromatic heterocycles. The van der Waals surface area contributed by atoms with Crippen molar-refractivity contribution in [3.8, 4) is 0 Å². The number of hydrogen-bond donors (Lipinski definition) is 4. The Morgan fingerprint density at radius 3 is 2.85 bits per heavy atom. The van der Waals surface area contributed by atoms with Gasteiger partial charge in [-0.1, -0.05) is 6.92 Å². The lowest BCUT2D eigenvalue weighted by atomic mass is 10.1. The van der Waals surface area contributed by atoms with E-state index in [1.807, 2.05) is 13.8 Å². The van der Waals surface area contributed by atoms with Crippen molar-refractivity contribution in [3.05, 3.63) is 39.8 Å². The highest BCUT2D eigenvalue weighted by Gasteiger charge is 2.17. The van der Waals surface area contributed by atoms with Crippen molar-refractivity contribution in [1.29, 1.82) is 0 Å². The fourth-order valence-corrected chi connectivity index (χ4v) is 2.80. The van der Waals surface area contributed by atoms with Crippen LogP contribution in [0.1, 0.15) is 32.4 Å². The van der Waals surface area contributed by atoms with Crippen LogP contribution in [0, 0.1) is 5.82 Å². The zero-order valence-corrected chi connectivity index (χ0v) is 17.0. The second-order valence-corrected chi connectivity index (χ2v) is 6.90. The summed E-state index contributed by atoms with van der Waals surface area (Å²) in [6.07, 6.45) is 1.68. The molecule has 26 heavy (non-hydrogen) atoms. The van der Waals surface area contributed by atoms with Gasteiger partial charge >= 0.3 is 0 Å². The van der Waals surface area contributed by atoms with Gasteiger partial charge in [0.05, 0.1) is 10.2 Å². The predicted molar refractivity (Wildman–Crippen MR) is 108 cm³/mol. The van der Waals surface area contributed by atoms with E-state index in [0.29, 0.717) is 22.5 Å². The Hall–Kier alpha value is -1.62. The average Bonchev–Trinajstić information content (AvgIpc) is 3.10. The van der Waals surface area contributed by atoms with Gasteiger partial charge in [-0.15, -0.1) is 0 Å². The Bertz CT molecular complexity index is 754. The van der Waals surface area contributed by atoms with E-state index in [9.17, 15) is 4.39 Å². The lowest BCUT2D eigenvalue weighted by Crippen LogP contribution is -2.14. The van der Waals surface area contributed by atoms with Crippen LogP contribution in [0.15, 0.2) is 32.9 Å². The van der Waals surface area contributed by atoms with E-state index in [2.05, 4.69) is 41.6 Å². The van der Waals surface area contributed by atoms with Crippen molar-refractivity contribution in [1.82, 2.24) is 15.0 Å². The number of anilines is 2. The largest absolute Gasteiger partial charge is 0.365 e. The van der Waals surface area contributed by atoms with Crippen LogP contribution in [0.2, 0.25) is 0 Å². The normalized spacial score (nSPS) is 12.0. The molecule has 0 saturated heterocycles. The second kappa shape index (κ2) is 10.5. The quantitative estimate of drug-likeness (QED) is 0.320. The van der Waals surface area contributed by atoms with Crippen molar-refractivity contribution in [3.63, 3.8) is 0 Å². The molecule has 1 heterocycles. The van der Waals surface area contributed by atoms with Crippen molar-refractivity contribution in [2.75, 3.05) is 23.7 Å². The fourth-order valence-electron chi connectivity index (χ4n) is 2.16. The molecule has 0 aliphatic carbocycles. The molecule has 0 bridgehead atoms. The van der Waals surface area contributed by atoms with Crippen LogP contribution in [0.25, 0.3) is 5.70 Å². The Morgan fingerprint density at radius 2 is 2.15 bits per heavy atom. The van der Waals surface area contributed by atoms with Gasteiger partial charge in [-0.2, -0.15) is 0 Å². The molecule has 0 amide bonds. The number of aromatic nitrogens is 2. The van der Waals surface area contributed by atoms with Crippen molar-refractivity contribution < 1.29 is 9.02 Å². The van der Waals surface area contributed by atoms with E-state index in [0.717, 1.165) is 48.5 Å². The van der Waals surface area contributed by atoms with Gasteiger partial charge in [0, 0.05) is 30.9 Å². The maximum Gasteiger partial charge on any atom is 0.200 e. The molecule has 2 aromatic rings. The Kier molecular flexibility index (Phi) is 8.36. The van der Waals surface area contributed by atoms with E-state index in [-0.39, 0.29) is 5.82 Å². The summed E-state index contributed by atoms with van der Waals surface area (Å²) in [6, 6.07) is 4.74. The first-order valence-electron chi connectivity index (χ1n) is 8.14. The Balaban J connectivity index is 2.18. The van der Waals surface area contributed by atoms with Crippen LogP contribution >= 0.6 is 28.1 Å². The Labute approximate surface area is 164 Å². The van der Waals surface area contributed by atoms with Gasteiger partial charge in [0.2, 0.25) is 5.82 Å². The summed E-state index contributed by atoms with van der Waals surface area (Å²) < 4.78 is 21.8. The molecular weight excluding hydrogens is 423 g/mol. The van der Waals surface area contributed by atoms with Gasteiger partial charge in [0.1, 0.15) is 5.82 Å². The second-order valence-electron chi connectivity index (χ2n) is 5.52. The minimum Gasteiger partial charge on any atom is -0.365 e. The first-order chi connectivity index (χ1) is 12.6. The highest BCUT2D eigenvalue weighted by atomic mass is 79.9. The van der Waals surface area contributed by atoms with Crippen LogP contribution in [0.4, 0.5) is 15.9 Å². The van der Waals surface area contributed by atoms with E-state index in [4.69, 9.17) is 9.77 Å². The zero-order valence-electron chi connectivity index (χ0n) is 14.6. The van der Waals surface area contributed by atoms with Crippen LogP contribution in [-0.2, 0) is 0 Å². The molecule has 0 aliphatic heterocycles. The number of hydrogen-bond acceptors (Lipinski definition) is 8. The summed E-state index contributed by atoms with van der Waals surface area (Å²) in [5.41, 5.74) is 3.18. The molecule has 5 N–H and O–H groups in total. The first-order valence-corrected chi connectivity index (χ1v) is 9.81. The molecule has 0 unspecified atom stereocenters. The SMILES string of the molecule is CC/C(C)=C(/Nc1ccc(F)c(Br)c1)c1nonc1NCCCNSN. The van der Waals surface area contributed by atoms with E-state index >= 15 is 0 Å². The summed E-state index contributed by atoms with van der Waals surface area (Å²) in [5, 5.41) is 19.8. The maximum absolute atomic E-state index is 13.5. The minimum absolute atomic E-state index is 0.317. The van der Waals surface area contributed by atoms with Crippen LogP contribution in [0.3, 0.4) is 0 Å². The molecule has 0 fully saturated rings. The minimum atomic E-state index is -0.317. The van der Waals surface area contributed by atoms with Crippen molar-refractivity contribution >= 4 is 45.3 Å². The number of nitrogens with zero attached hydrogens (tertiary/aromatic N) is 2. The standard InChI is InChI=1S/C16H22BrFN6OS/c1-3-10(2)14(22-11-5-6-13(18)12(17)9-11)15-16(24-25-23-15)20-7-4-8-21-26-19/h5-6,9,21-22H,3-4,7-8,19H2,1-2H3,(H,20,24)/b14-10+. The molecule has 142 valence electrons. The molecule has 2 rings (SSSR count). The molecular formula is C16H22BrFN6OS. The molecule has 10 heteroatoms. The van der Waals surface area contributed by atoms with Gasteiger partial charge in [0.15, 0.2) is 5.69 Å². The van der Waals surface area contributed by atoms with Crippen LogP contribution in [-0.4, -0.2) is 23.4 Å². The number of halogens is 2. The number of nitrogens with two attached hydrogens (primary N) is 1. The zero-order chi connectivity index (χ0) is 18.9. The lowest BCUT2D eigenvalue weighted by Gasteiger charge is -2.14. The average molecular weight is 445 g/mol. The topological polar surface area (TPSA) is 101 Å². The third-order valence-electron chi connectivity index (χ3n) is 3.70. The van der Waals surface area contributed by atoms with E-state index in [1.165, 1.54) is 6.07 Å². The van der Waals surface area contributed by atoms with Crippen LogP contribution < -0.4 is 20.5 Å². The highest BCUT2D eigenvalue weighted by Crippen LogP contribution is 2.28. The van der Waals surface area contributed by atoms with Gasteiger partial charge in [-0.05, 0) is 69.8 Å². The molecule has 0 spiro atoms. The summed E-state index contributed by atoms with van der Waals surface area (Å²) in [5.74, 6) is 0.241. The molecule has 0 atom stereocenters. The fraction of sp³-hybridized carbons (Fsp3) is 0.375. The molecule has 0 aliphatic rings. The van der Waals surface area contributed by atoms with Crippen molar-refractivity contribution in [2.45, 2.75) is 26.7 Å². The van der Waals surface area contributed by atoms with Gasteiger partial charge in [-0.3, -0.25) is 9.86 Å². The third-order valence-corrected chi connectivity index (χ3v) is 4.68. The number of rotatable bonds is 10. The van der Waals surface area contributed by atoms with E-state index in [1.54, 1.807) is 12.1 Å². The first kappa shape index (κ1) is 20.7. The summed E-state index contributed by atoms with van der Waals surface area (Å²) in [4.78, 5) is 0. The molecule has 0 saturated carbocycles. The summed E-state index contributed by atoms with van der Waals surface area (Å²) in [6.45, 7) is 5.51.